The van der Waals surface area contributed by atoms with E-state index in [4.69, 9.17) is 14.5 Å². The maximum atomic E-state index is 6.33. The highest BCUT2D eigenvalue weighted by atomic mass is 32.1. The molecular weight excluding hydrogens is 424 g/mol. The number of hydrogen-bond donors (Lipinski definition) is 1. The van der Waals surface area contributed by atoms with Gasteiger partial charge in [0, 0.05) is 25.8 Å². The number of aromatic nitrogens is 4. The van der Waals surface area contributed by atoms with Gasteiger partial charge < -0.3 is 24.3 Å². The number of ether oxygens (including phenoxy) is 2. The van der Waals surface area contributed by atoms with Crippen LogP contribution in [0.15, 0.2) is 18.3 Å². The zero-order valence-electron chi connectivity index (χ0n) is 19.3. The van der Waals surface area contributed by atoms with E-state index in [0.29, 0.717) is 11.8 Å². The van der Waals surface area contributed by atoms with Crippen LogP contribution in [0, 0.1) is 6.92 Å². The summed E-state index contributed by atoms with van der Waals surface area (Å²) < 4.78 is 17.9. The van der Waals surface area contributed by atoms with Crippen molar-refractivity contribution in [1.29, 1.82) is 0 Å². The predicted octanol–water partition coefficient (Wildman–Crippen LogP) is 4.62. The second kappa shape index (κ2) is 11.1. The first-order valence-corrected chi connectivity index (χ1v) is 12.4. The van der Waals surface area contributed by atoms with Gasteiger partial charge in [0.15, 0.2) is 0 Å². The van der Waals surface area contributed by atoms with Crippen LogP contribution in [0.1, 0.15) is 44.7 Å². The molecule has 3 aromatic rings. The molecule has 2 aliphatic rings. The van der Waals surface area contributed by atoms with E-state index in [1.54, 1.807) is 0 Å². The maximum absolute atomic E-state index is 6.33. The van der Waals surface area contributed by atoms with Crippen molar-refractivity contribution >= 4 is 33.5 Å². The molecule has 0 spiro atoms. The normalized spacial score (nSPS) is 17.7. The molecule has 3 aromatic heterocycles. The van der Waals surface area contributed by atoms with Crippen molar-refractivity contribution in [1.82, 2.24) is 23.8 Å². The Bertz CT molecular complexity index is 992. The number of rotatable bonds is 5. The molecular formula is C23H34N6O2S. The Balaban J connectivity index is 0.000000300. The molecule has 0 bridgehead atoms. The smallest absolute Gasteiger partial charge is 0.243 e. The quantitative estimate of drug-likeness (QED) is 0.598. The molecule has 5 rings (SSSR count). The Morgan fingerprint density at radius 2 is 1.97 bits per heavy atom. The monoisotopic (exact) mass is 458 g/mol. The second-order valence-corrected chi connectivity index (χ2v) is 9.24. The lowest BCUT2D eigenvalue weighted by Crippen LogP contribution is -2.32. The summed E-state index contributed by atoms with van der Waals surface area (Å²) in [5.74, 6) is 1.25. The highest BCUT2D eigenvalue weighted by molar-refractivity contribution is 7.10. The van der Waals surface area contributed by atoms with Crippen molar-refractivity contribution in [2.75, 3.05) is 38.7 Å². The first kappa shape index (κ1) is 22.9. The van der Waals surface area contributed by atoms with Crippen molar-refractivity contribution in [3.63, 3.8) is 0 Å². The molecule has 1 N–H and O–H groups in total. The summed E-state index contributed by atoms with van der Waals surface area (Å²) in [6.45, 7) is 8.99. The van der Waals surface area contributed by atoms with Gasteiger partial charge in [-0.25, -0.2) is 4.98 Å². The van der Waals surface area contributed by atoms with Crippen LogP contribution >= 0.6 is 11.5 Å². The lowest BCUT2D eigenvalue weighted by Gasteiger charge is -2.23. The van der Waals surface area contributed by atoms with Gasteiger partial charge in [-0.05, 0) is 70.2 Å². The molecule has 2 fully saturated rings. The Morgan fingerprint density at radius 1 is 1.19 bits per heavy atom. The largest absolute Gasteiger partial charge is 0.473 e. The van der Waals surface area contributed by atoms with Gasteiger partial charge in [-0.3, -0.25) is 0 Å². The number of hydrogen-bond acceptors (Lipinski definition) is 8. The van der Waals surface area contributed by atoms with Crippen LogP contribution in [0.5, 0.6) is 5.88 Å². The third-order valence-corrected chi connectivity index (χ3v) is 6.64. The highest BCUT2D eigenvalue weighted by Gasteiger charge is 2.20. The van der Waals surface area contributed by atoms with Gasteiger partial charge in [-0.2, -0.15) is 9.36 Å². The Hall–Kier alpha value is -2.23. The van der Waals surface area contributed by atoms with Crippen molar-refractivity contribution in [2.45, 2.75) is 58.6 Å². The summed E-state index contributed by atoms with van der Waals surface area (Å²) in [5.41, 5.74) is 2.88. The predicted molar refractivity (Wildman–Crippen MR) is 129 cm³/mol. The molecule has 0 radical (unpaired) electrons. The van der Waals surface area contributed by atoms with E-state index >= 15 is 0 Å². The number of morpholine rings is 1. The molecule has 1 aliphatic carbocycles. The van der Waals surface area contributed by atoms with Gasteiger partial charge in [0.1, 0.15) is 16.6 Å². The molecule has 0 amide bonds. The first-order valence-electron chi connectivity index (χ1n) is 11.6. The van der Waals surface area contributed by atoms with Crippen LogP contribution in [0.3, 0.4) is 0 Å². The van der Waals surface area contributed by atoms with Crippen LogP contribution in [-0.4, -0.2) is 63.3 Å². The molecule has 0 unspecified atom stereocenters. The fourth-order valence-electron chi connectivity index (χ4n) is 4.00. The van der Waals surface area contributed by atoms with Crippen molar-refractivity contribution in [3.8, 4) is 5.88 Å². The molecule has 1 aliphatic heterocycles. The van der Waals surface area contributed by atoms with Crippen molar-refractivity contribution in [3.05, 3.63) is 24.0 Å². The third kappa shape index (κ3) is 5.96. The zero-order valence-corrected chi connectivity index (χ0v) is 20.2. The van der Waals surface area contributed by atoms with E-state index in [0.717, 1.165) is 67.4 Å². The van der Waals surface area contributed by atoms with E-state index in [9.17, 15) is 0 Å². The minimum atomic E-state index is 0.255. The van der Waals surface area contributed by atoms with Crippen molar-refractivity contribution < 1.29 is 9.47 Å². The third-order valence-electron chi connectivity index (χ3n) is 5.85. The van der Waals surface area contributed by atoms with Crippen LogP contribution in [-0.2, 0) is 11.3 Å². The minimum Gasteiger partial charge on any atom is -0.473 e. The van der Waals surface area contributed by atoms with Crippen LogP contribution < -0.4 is 10.1 Å². The van der Waals surface area contributed by atoms with Crippen LogP contribution in [0.2, 0.25) is 0 Å². The van der Waals surface area contributed by atoms with Gasteiger partial charge in [0.05, 0.1) is 24.4 Å². The van der Waals surface area contributed by atoms with Crippen LogP contribution in [0.25, 0.3) is 11.0 Å². The molecule has 1 saturated heterocycles. The topological polar surface area (TPSA) is 77.3 Å². The van der Waals surface area contributed by atoms with E-state index in [2.05, 4.69) is 38.1 Å². The molecule has 0 aromatic carbocycles. The average Bonchev–Trinajstić information content (AvgIpc) is 3.41. The number of anilines is 2. The summed E-state index contributed by atoms with van der Waals surface area (Å²) in [5, 5.41) is 4.21. The molecule has 9 heteroatoms. The average molecular weight is 459 g/mol. The summed E-state index contributed by atoms with van der Waals surface area (Å²) in [6, 6.07) is 4.02. The number of fused-ring (bicyclic) bond motifs is 1. The summed E-state index contributed by atoms with van der Waals surface area (Å²) in [6.07, 6.45) is 8.29. The van der Waals surface area contributed by atoms with Crippen LogP contribution in [0.4, 0.5) is 10.9 Å². The lowest BCUT2D eigenvalue weighted by atomic mass is 9.98. The Labute approximate surface area is 194 Å². The van der Waals surface area contributed by atoms with E-state index in [1.807, 2.05) is 25.3 Å². The van der Waals surface area contributed by atoms with Gasteiger partial charge in [0.25, 0.3) is 0 Å². The SMILES string of the molecule is CCn1ccc2nc(Nc3cc(C)ns3)nc(OC3CCCCC3)c21.CN1CCOCC1. The number of nitrogens with one attached hydrogen (secondary N) is 1. The number of aryl methyl sites for hydroxylation is 2. The van der Waals surface area contributed by atoms with E-state index in [-0.39, 0.29) is 6.10 Å². The number of nitrogens with zero attached hydrogens (tertiary/aromatic N) is 5. The van der Waals surface area contributed by atoms with Crippen molar-refractivity contribution in [2.24, 2.45) is 0 Å². The fourth-order valence-corrected chi connectivity index (χ4v) is 4.66. The summed E-state index contributed by atoms with van der Waals surface area (Å²) in [7, 11) is 2.11. The Kier molecular flexibility index (Phi) is 7.94. The maximum Gasteiger partial charge on any atom is 0.243 e. The van der Waals surface area contributed by atoms with E-state index < -0.39 is 0 Å². The highest BCUT2D eigenvalue weighted by Crippen LogP contribution is 2.30. The molecule has 174 valence electrons. The molecule has 1 saturated carbocycles. The zero-order chi connectivity index (χ0) is 22.3. The van der Waals surface area contributed by atoms with E-state index in [1.165, 1.54) is 30.8 Å². The molecule has 8 nitrogen and oxygen atoms in total. The minimum absolute atomic E-state index is 0.255. The van der Waals surface area contributed by atoms with Gasteiger partial charge in [-0.1, -0.05) is 6.42 Å². The molecule has 4 heterocycles. The summed E-state index contributed by atoms with van der Waals surface area (Å²) >= 11 is 1.41. The molecule has 0 atom stereocenters. The fraction of sp³-hybridized carbons (Fsp3) is 0.609. The molecule has 32 heavy (non-hydrogen) atoms. The number of likely N-dealkylation sites (N-methyl/N-ethyl adjacent to an activating group) is 1. The van der Waals surface area contributed by atoms with Gasteiger partial charge in [0.2, 0.25) is 11.8 Å². The van der Waals surface area contributed by atoms with Gasteiger partial charge >= 0.3 is 0 Å². The lowest BCUT2D eigenvalue weighted by molar-refractivity contribution is 0.0503. The second-order valence-electron chi connectivity index (χ2n) is 8.44. The first-order chi connectivity index (χ1) is 15.6. The Morgan fingerprint density at radius 3 is 2.59 bits per heavy atom. The summed E-state index contributed by atoms with van der Waals surface area (Å²) in [4.78, 5) is 11.6. The van der Waals surface area contributed by atoms with Gasteiger partial charge in [-0.15, -0.1) is 0 Å². The standard InChI is InChI=1S/C18H23N5OS.C5H11NO/c1-3-23-10-9-14-16(23)17(24-13-7-5-4-6-8-13)21-18(19-14)20-15-11-12(2)22-25-15;1-6-2-4-7-5-3-6/h9-11,13H,3-8H2,1-2H3,(H,19,20,21);2-5H2,1H3.